The fraction of sp³-hybridized carbons (Fsp3) is 0.514. The van der Waals surface area contributed by atoms with Gasteiger partial charge in [0.1, 0.15) is 28.9 Å². The Hall–Kier alpha value is -4.08. The molecule has 4 aromatic rings. The molecule has 3 saturated heterocycles. The Bertz CT molecular complexity index is 2000. The minimum atomic E-state index is -1.11. The monoisotopic (exact) mass is 743 g/mol. The predicted molar refractivity (Wildman–Crippen MR) is 192 cm³/mol. The highest BCUT2D eigenvalue weighted by Crippen LogP contribution is 2.47. The first kappa shape index (κ1) is 35.3. The van der Waals surface area contributed by atoms with E-state index >= 15 is 8.78 Å². The molecule has 3 aliphatic rings. The number of benzene rings is 2. The molecule has 4 unspecified atom stereocenters. The van der Waals surface area contributed by atoms with Crippen molar-refractivity contribution in [3.63, 3.8) is 0 Å². The lowest BCUT2D eigenvalue weighted by Gasteiger charge is -2.29. The molecule has 0 saturated carbocycles. The number of anilines is 2. The van der Waals surface area contributed by atoms with Crippen molar-refractivity contribution in [2.75, 3.05) is 29.9 Å². The lowest BCUT2D eigenvalue weighted by Crippen LogP contribution is -2.43. The molecular weight excluding hydrogens is 704 g/mol. The smallest absolute Gasteiger partial charge is 0.413 e. The van der Waals surface area contributed by atoms with Crippen LogP contribution in [0.4, 0.5) is 29.3 Å². The Kier molecular flexibility index (Phi) is 9.56. The fourth-order valence-electron chi connectivity index (χ4n) is 7.63. The van der Waals surface area contributed by atoms with Gasteiger partial charge in [-0.2, -0.15) is 9.97 Å². The van der Waals surface area contributed by atoms with Crippen molar-refractivity contribution >= 4 is 67.2 Å². The van der Waals surface area contributed by atoms with Crippen LogP contribution >= 0.6 is 22.9 Å². The van der Waals surface area contributed by atoms with Crippen LogP contribution in [0.3, 0.4) is 0 Å². The van der Waals surface area contributed by atoms with Gasteiger partial charge in [0, 0.05) is 29.1 Å². The van der Waals surface area contributed by atoms with Crippen molar-refractivity contribution < 1.29 is 33.0 Å². The van der Waals surface area contributed by atoms with Gasteiger partial charge in [0.2, 0.25) is 0 Å². The lowest BCUT2D eigenvalue weighted by molar-refractivity contribution is 0.0635. The van der Waals surface area contributed by atoms with Crippen LogP contribution in [0.15, 0.2) is 18.2 Å². The van der Waals surface area contributed by atoms with Crippen LogP contribution in [-0.2, 0) is 4.74 Å². The Labute approximate surface area is 302 Å². The van der Waals surface area contributed by atoms with Gasteiger partial charge in [0.25, 0.3) is 0 Å². The summed E-state index contributed by atoms with van der Waals surface area (Å²) in [7, 11) is 0. The molecule has 51 heavy (non-hydrogen) atoms. The summed E-state index contributed by atoms with van der Waals surface area (Å²) in [6.07, 6.45) is 3.40. The Balaban J connectivity index is 1.32. The summed E-state index contributed by atoms with van der Waals surface area (Å²) in [6.45, 7) is 9.68. The van der Waals surface area contributed by atoms with Crippen LogP contribution in [0.25, 0.3) is 32.2 Å². The quantitative estimate of drug-likeness (QED) is 0.164. The van der Waals surface area contributed by atoms with Crippen LogP contribution in [0.2, 0.25) is 5.02 Å². The van der Waals surface area contributed by atoms with Gasteiger partial charge in [-0.3, -0.25) is 10.2 Å². The molecule has 2 aromatic carbocycles. The summed E-state index contributed by atoms with van der Waals surface area (Å²) in [6, 6.07) is 3.61. The molecule has 12 nitrogen and oxygen atoms in total. The van der Waals surface area contributed by atoms with Crippen LogP contribution in [0.5, 0.6) is 6.01 Å². The van der Waals surface area contributed by atoms with E-state index in [0.717, 1.165) is 50.1 Å². The summed E-state index contributed by atoms with van der Waals surface area (Å²) in [5.74, 6) is -0.960. The molecule has 2 aromatic heterocycles. The molecule has 3 fully saturated rings. The van der Waals surface area contributed by atoms with Gasteiger partial charge in [-0.1, -0.05) is 29.4 Å². The Morgan fingerprint density at radius 1 is 1.12 bits per heavy atom. The average molecular weight is 744 g/mol. The summed E-state index contributed by atoms with van der Waals surface area (Å²) in [4.78, 5) is 42.3. The van der Waals surface area contributed by atoms with E-state index in [4.69, 9.17) is 26.1 Å². The van der Waals surface area contributed by atoms with Crippen molar-refractivity contribution in [3.05, 3.63) is 34.9 Å². The second-order valence-corrected chi connectivity index (χ2v) is 15.9. The predicted octanol–water partition coefficient (Wildman–Crippen LogP) is 7.82. The number of carboxylic acid groups (broad SMARTS) is 1. The molecule has 2 bridgehead atoms. The number of ether oxygens (including phenoxy) is 2. The number of nitrogens with zero attached hydrogens (tertiary/aromatic N) is 5. The maximum Gasteiger partial charge on any atom is 0.413 e. The van der Waals surface area contributed by atoms with E-state index in [1.807, 2.05) is 11.8 Å². The molecule has 4 atom stereocenters. The molecule has 272 valence electrons. The van der Waals surface area contributed by atoms with Gasteiger partial charge < -0.3 is 24.8 Å². The van der Waals surface area contributed by atoms with Crippen LogP contribution < -0.4 is 20.3 Å². The van der Waals surface area contributed by atoms with E-state index in [1.54, 1.807) is 26.8 Å². The molecule has 16 heteroatoms. The number of carbonyl (C=O) groups excluding carboxylic acids is 1. The van der Waals surface area contributed by atoms with E-state index in [2.05, 4.69) is 25.5 Å². The number of halogens is 3. The summed E-state index contributed by atoms with van der Waals surface area (Å²) in [5.41, 5.74) is -0.552. The van der Waals surface area contributed by atoms with E-state index < -0.39 is 29.4 Å². The number of fused-ring (bicyclic) bond motifs is 4. The standard InChI is InChI=1S/C35H40ClF2N7O5S/c1-17(16-44-12-6-5-7-13-44)49-31-40-27-20(30(42-31)45-18-8-11-24(45)23(14-18)39-33(46)47)15-21(36)25(26(27)38)19-9-10-22(37)29-28(19)41-32(51-29)43-34(48)50-35(2,3)4/h9-10,15,17-18,23-24,39H,5-8,11-14,16H2,1-4H3,(H,46,47)(H,41,43,48). The fourth-order valence-corrected chi connectivity index (χ4v) is 8.81. The average Bonchev–Trinajstić information content (AvgIpc) is 3.75. The first-order valence-electron chi connectivity index (χ1n) is 17.2. The van der Waals surface area contributed by atoms with Crippen LogP contribution in [0.1, 0.15) is 66.2 Å². The SMILES string of the molecule is CC(CN1CCCCC1)Oc1nc(N2C3CCC2C(NC(=O)O)C3)c2cc(Cl)c(-c3ccc(F)c4sc(NC(=O)OC(C)(C)C)nc34)c(F)c2n1. The first-order valence-corrected chi connectivity index (χ1v) is 18.4. The summed E-state index contributed by atoms with van der Waals surface area (Å²) >= 11 is 7.78. The molecule has 0 spiro atoms. The van der Waals surface area contributed by atoms with Gasteiger partial charge in [0.15, 0.2) is 10.9 Å². The van der Waals surface area contributed by atoms with E-state index in [9.17, 15) is 14.7 Å². The van der Waals surface area contributed by atoms with E-state index in [-0.39, 0.29) is 67.3 Å². The molecule has 2 amide bonds. The molecular formula is C35H40ClF2N7O5S. The topological polar surface area (TPSA) is 142 Å². The van der Waals surface area contributed by atoms with Gasteiger partial charge in [-0.05, 0) is 91.1 Å². The second kappa shape index (κ2) is 13.8. The highest BCUT2D eigenvalue weighted by molar-refractivity contribution is 7.22. The lowest BCUT2D eigenvalue weighted by atomic mass is 9.96. The van der Waals surface area contributed by atoms with Gasteiger partial charge in [-0.15, -0.1) is 0 Å². The number of aromatic nitrogens is 3. The van der Waals surface area contributed by atoms with Crippen LogP contribution in [-0.4, -0.2) is 86.6 Å². The minimum Gasteiger partial charge on any atom is -0.465 e. The number of amides is 2. The maximum absolute atomic E-state index is 17.1. The van der Waals surface area contributed by atoms with Crippen molar-refractivity contribution in [1.29, 1.82) is 0 Å². The number of thiazole rings is 1. The number of carbonyl (C=O) groups is 2. The number of hydrogen-bond donors (Lipinski definition) is 3. The highest BCUT2D eigenvalue weighted by atomic mass is 35.5. The van der Waals surface area contributed by atoms with E-state index in [0.29, 0.717) is 24.2 Å². The summed E-state index contributed by atoms with van der Waals surface area (Å²) < 4.78 is 43.9. The number of piperidine rings is 1. The molecule has 3 aliphatic heterocycles. The molecule has 0 radical (unpaired) electrons. The zero-order valence-electron chi connectivity index (χ0n) is 28.8. The van der Waals surface area contributed by atoms with Crippen molar-refractivity contribution in [2.45, 2.75) is 96.1 Å². The third-order valence-electron chi connectivity index (χ3n) is 9.58. The molecule has 3 N–H and O–H groups in total. The Morgan fingerprint density at radius 2 is 1.88 bits per heavy atom. The van der Waals surface area contributed by atoms with Gasteiger partial charge >= 0.3 is 18.2 Å². The number of hydrogen-bond acceptors (Lipinski definition) is 10. The third-order valence-corrected chi connectivity index (χ3v) is 10.9. The third kappa shape index (κ3) is 7.20. The first-order chi connectivity index (χ1) is 24.3. The number of likely N-dealkylation sites (tertiary alicyclic amines) is 1. The van der Waals surface area contributed by atoms with Crippen molar-refractivity contribution in [1.82, 2.24) is 25.2 Å². The van der Waals surface area contributed by atoms with Crippen molar-refractivity contribution in [2.24, 2.45) is 0 Å². The normalized spacial score (nSPS) is 21.3. The number of rotatable bonds is 8. The molecule has 0 aliphatic carbocycles. The maximum atomic E-state index is 17.1. The second-order valence-electron chi connectivity index (χ2n) is 14.5. The number of nitrogens with one attached hydrogen (secondary N) is 2. The van der Waals surface area contributed by atoms with E-state index in [1.165, 1.54) is 18.6 Å². The van der Waals surface area contributed by atoms with Gasteiger partial charge in [0.05, 0.1) is 27.3 Å². The highest BCUT2D eigenvalue weighted by Gasteiger charge is 2.48. The Morgan fingerprint density at radius 3 is 2.61 bits per heavy atom. The molecule has 5 heterocycles. The minimum absolute atomic E-state index is 0.00927. The van der Waals surface area contributed by atoms with Crippen molar-refractivity contribution in [3.8, 4) is 17.1 Å². The summed E-state index contributed by atoms with van der Waals surface area (Å²) in [5, 5.41) is 15.1. The zero-order valence-corrected chi connectivity index (χ0v) is 30.3. The van der Waals surface area contributed by atoms with Gasteiger partial charge in [-0.25, -0.2) is 23.4 Å². The zero-order chi connectivity index (χ0) is 36.2. The largest absolute Gasteiger partial charge is 0.465 e. The molecule has 7 rings (SSSR count). The van der Waals surface area contributed by atoms with Crippen LogP contribution in [0, 0.1) is 11.6 Å².